The van der Waals surface area contributed by atoms with Crippen LogP contribution >= 0.6 is 23.5 Å². The van der Waals surface area contributed by atoms with Crippen molar-refractivity contribution in [1.82, 2.24) is 0 Å². The lowest BCUT2D eigenvalue weighted by atomic mass is 9.64. The molecule has 34 heavy (non-hydrogen) atoms. The van der Waals surface area contributed by atoms with Gasteiger partial charge in [0.2, 0.25) is 0 Å². The topological polar surface area (TPSA) is 0 Å². The van der Waals surface area contributed by atoms with E-state index in [9.17, 15) is 0 Å². The summed E-state index contributed by atoms with van der Waals surface area (Å²) in [6.45, 7) is 23.3. The first-order valence-electron chi connectivity index (χ1n) is 13.6. The molecule has 0 bridgehead atoms. The predicted octanol–water partition coefficient (Wildman–Crippen LogP) is 9.46. The molecule has 2 saturated carbocycles. The number of benzene rings is 1. The van der Waals surface area contributed by atoms with Crippen LogP contribution in [0.15, 0.2) is 51.5 Å². The van der Waals surface area contributed by atoms with Crippen molar-refractivity contribution in [2.45, 2.75) is 89.3 Å². The van der Waals surface area contributed by atoms with E-state index in [0.717, 1.165) is 46.0 Å². The molecule has 0 aromatic heterocycles. The van der Waals surface area contributed by atoms with E-state index in [4.69, 9.17) is 0 Å². The summed E-state index contributed by atoms with van der Waals surface area (Å²) in [6, 6.07) is 11.4. The lowest BCUT2D eigenvalue weighted by Crippen LogP contribution is -2.42. The average Bonchev–Trinajstić information content (AvgIpc) is 3.47. The van der Waals surface area contributed by atoms with Crippen LogP contribution in [0.3, 0.4) is 0 Å². The molecule has 2 fully saturated rings. The Kier molecular flexibility index (Phi) is 6.52. The van der Waals surface area contributed by atoms with Crippen LogP contribution in [0.2, 0.25) is 39.3 Å². The molecule has 0 N–H and O–H groups in total. The highest BCUT2D eigenvalue weighted by Gasteiger charge is 2.61. The van der Waals surface area contributed by atoms with Gasteiger partial charge in [0, 0.05) is 10.5 Å². The van der Waals surface area contributed by atoms with Crippen LogP contribution in [0.5, 0.6) is 0 Å². The minimum atomic E-state index is -1.27. The van der Waals surface area contributed by atoms with Crippen LogP contribution in [0.1, 0.15) is 45.1 Å². The Bertz CT molecular complexity index is 937. The highest BCUT2D eigenvalue weighted by molar-refractivity contribution is 8.07. The van der Waals surface area contributed by atoms with Gasteiger partial charge >= 0.3 is 0 Å². The summed E-state index contributed by atoms with van der Waals surface area (Å²) in [6.07, 6.45) is 8.33. The van der Waals surface area contributed by atoms with Crippen molar-refractivity contribution < 1.29 is 0 Å². The molecule has 1 aromatic rings. The Morgan fingerprint density at radius 2 is 1.26 bits per heavy atom. The SMILES string of the molecule is CC1CC(c2ccccc2)CC1C(C)(C)C1C2SC([Si](C)(C)C)=CC2C2C=C([Si](C)(C)C)SC21. The number of allylic oxidation sites excluding steroid dienone is 2. The molecule has 7 unspecified atom stereocenters. The highest BCUT2D eigenvalue weighted by Crippen LogP contribution is 2.67. The molecule has 7 atom stereocenters. The molecule has 4 aliphatic rings. The largest absolute Gasteiger partial charge is 0.131 e. The van der Waals surface area contributed by atoms with Gasteiger partial charge in [0.05, 0.1) is 16.1 Å². The Labute approximate surface area is 220 Å². The highest BCUT2D eigenvalue weighted by atomic mass is 32.2. The minimum Gasteiger partial charge on any atom is -0.131 e. The molecule has 2 aliphatic carbocycles. The summed E-state index contributed by atoms with van der Waals surface area (Å²) < 4.78 is 3.59. The van der Waals surface area contributed by atoms with Gasteiger partial charge in [-0.2, -0.15) is 0 Å². The van der Waals surface area contributed by atoms with Crippen molar-refractivity contribution in [3.63, 3.8) is 0 Å². The van der Waals surface area contributed by atoms with Gasteiger partial charge in [0.1, 0.15) is 0 Å². The number of fused-ring (bicyclic) bond motifs is 3. The van der Waals surface area contributed by atoms with Gasteiger partial charge in [-0.1, -0.05) is 103 Å². The second-order valence-corrected chi connectivity index (χ2v) is 27.6. The maximum absolute atomic E-state index is 2.80. The monoisotopic (exact) mass is 526 g/mol. The van der Waals surface area contributed by atoms with Crippen LogP contribution in [-0.2, 0) is 0 Å². The van der Waals surface area contributed by atoms with Gasteiger partial charge in [-0.05, 0) is 68.4 Å². The molecule has 4 heteroatoms. The second-order valence-electron chi connectivity index (χ2n) is 14.4. The van der Waals surface area contributed by atoms with Gasteiger partial charge in [-0.15, -0.1) is 23.5 Å². The molecule has 5 rings (SSSR count). The second kappa shape index (κ2) is 8.70. The molecular formula is C30H46S2Si2. The van der Waals surface area contributed by atoms with Crippen LogP contribution in [0, 0.1) is 35.0 Å². The summed E-state index contributed by atoms with van der Waals surface area (Å²) in [5.41, 5.74) is 1.95. The zero-order chi connectivity index (χ0) is 24.6. The molecule has 2 aliphatic heterocycles. The third kappa shape index (κ3) is 4.31. The van der Waals surface area contributed by atoms with Crippen molar-refractivity contribution in [3.8, 4) is 0 Å². The zero-order valence-electron chi connectivity index (χ0n) is 22.9. The number of hydrogen-bond donors (Lipinski definition) is 0. The van der Waals surface area contributed by atoms with Crippen LogP contribution in [0.4, 0.5) is 0 Å². The van der Waals surface area contributed by atoms with E-state index in [1.54, 1.807) is 14.6 Å². The van der Waals surface area contributed by atoms with E-state index >= 15 is 0 Å². The first kappa shape index (κ1) is 25.5. The molecule has 0 nitrogen and oxygen atoms in total. The van der Waals surface area contributed by atoms with Crippen molar-refractivity contribution in [2.24, 2.45) is 35.0 Å². The van der Waals surface area contributed by atoms with Gasteiger partial charge in [0.25, 0.3) is 0 Å². The average molecular weight is 527 g/mol. The minimum absolute atomic E-state index is 0.372. The lowest BCUT2D eigenvalue weighted by Gasteiger charge is -2.45. The van der Waals surface area contributed by atoms with E-state index in [1.165, 1.54) is 12.8 Å². The van der Waals surface area contributed by atoms with Crippen molar-refractivity contribution in [2.75, 3.05) is 0 Å². The standard InChI is InChI=1S/C30H46S2Si2/c1-19-15-21(20-13-11-10-12-14-20)16-24(19)30(2,3)27-28-22(17-25(31-28)33(4,5)6)23-18-26(32-29(23)27)34(7,8)9/h10-14,17-19,21-24,27-29H,15-16H2,1-9H3. The Balaban J connectivity index is 1.47. The summed E-state index contributed by atoms with van der Waals surface area (Å²) >= 11 is 4.67. The smallest absolute Gasteiger partial charge is 0.0853 e. The molecule has 2 heterocycles. The van der Waals surface area contributed by atoms with E-state index in [0.29, 0.717) is 5.41 Å². The number of hydrogen-bond acceptors (Lipinski definition) is 2. The third-order valence-electron chi connectivity index (χ3n) is 9.57. The van der Waals surface area contributed by atoms with Crippen molar-refractivity contribution in [1.29, 1.82) is 0 Å². The quantitative estimate of drug-likeness (QED) is 0.350. The fraction of sp³-hybridized carbons (Fsp3) is 0.667. The van der Waals surface area contributed by atoms with Crippen LogP contribution < -0.4 is 0 Å². The maximum Gasteiger partial charge on any atom is 0.0853 e. The Morgan fingerprint density at radius 1 is 0.765 bits per heavy atom. The lowest BCUT2D eigenvalue weighted by molar-refractivity contribution is 0.0957. The van der Waals surface area contributed by atoms with Crippen LogP contribution in [0.25, 0.3) is 0 Å². The van der Waals surface area contributed by atoms with Crippen molar-refractivity contribution >= 4 is 39.7 Å². The predicted molar refractivity (Wildman–Crippen MR) is 161 cm³/mol. The van der Waals surface area contributed by atoms with Crippen LogP contribution in [-0.4, -0.2) is 26.6 Å². The van der Waals surface area contributed by atoms with E-state index in [1.807, 2.05) is 0 Å². The van der Waals surface area contributed by atoms with E-state index in [-0.39, 0.29) is 0 Å². The summed E-state index contributed by atoms with van der Waals surface area (Å²) in [4.78, 5) is 0. The van der Waals surface area contributed by atoms with E-state index < -0.39 is 16.1 Å². The summed E-state index contributed by atoms with van der Waals surface area (Å²) in [5, 5.41) is 1.59. The molecule has 0 radical (unpaired) electrons. The van der Waals surface area contributed by atoms with E-state index in [2.05, 4.69) is 126 Å². The van der Waals surface area contributed by atoms with Gasteiger partial charge in [0.15, 0.2) is 0 Å². The number of thioether (sulfide) groups is 2. The molecular weight excluding hydrogens is 481 g/mol. The third-order valence-corrected chi connectivity index (χ3v) is 19.8. The van der Waals surface area contributed by atoms with Crippen molar-refractivity contribution in [3.05, 3.63) is 57.1 Å². The fourth-order valence-corrected chi connectivity index (χ4v) is 16.1. The molecule has 0 spiro atoms. The molecule has 186 valence electrons. The number of rotatable bonds is 5. The first-order chi connectivity index (χ1) is 15.8. The molecule has 0 saturated heterocycles. The summed E-state index contributed by atoms with van der Waals surface area (Å²) in [7, 11) is -2.54. The first-order valence-corrected chi connectivity index (χ1v) is 22.4. The van der Waals surface area contributed by atoms with Gasteiger partial charge < -0.3 is 0 Å². The Hall–Kier alpha value is -0.166. The molecule has 1 aromatic carbocycles. The maximum atomic E-state index is 2.80. The zero-order valence-corrected chi connectivity index (χ0v) is 26.5. The van der Waals surface area contributed by atoms with Gasteiger partial charge in [-0.25, -0.2) is 0 Å². The molecule has 0 amide bonds. The Morgan fingerprint density at radius 3 is 1.74 bits per heavy atom. The normalized spacial score (nSPS) is 38.0. The van der Waals surface area contributed by atoms with Gasteiger partial charge in [-0.3, -0.25) is 0 Å². The summed E-state index contributed by atoms with van der Waals surface area (Å²) in [5.74, 6) is 4.70. The fourth-order valence-electron chi connectivity index (χ4n) is 7.77.